The summed E-state index contributed by atoms with van der Waals surface area (Å²) in [5.41, 5.74) is 2.17. The maximum atomic E-state index is 11.3. The van der Waals surface area contributed by atoms with Crippen molar-refractivity contribution < 1.29 is 4.79 Å². The average Bonchev–Trinajstić information content (AvgIpc) is 2.06. The Hall–Kier alpha value is -1.11. The maximum absolute atomic E-state index is 11.3. The summed E-state index contributed by atoms with van der Waals surface area (Å²) in [6.45, 7) is 0. The molecule has 0 unspecified atom stereocenters. The first-order chi connectivity index (χ1) is 5.38. The molecule has 1 heteroatoms. The smallest absolute Gasteiger partial charge is 0.163 e. The number of fused-ring (bicyclic) bond motifs is 1. The van der Waals surface area contributed by atoms with E-state index in [2.05, 4.69) is 0 Å². The average molecular weight is 162 g/mol. The monoisotopic (exact) mass is 162 g/mol. The van der Waals surface area contributed by atoms with Crippen LogP contribution in [0.5, 0.6) is 0 Å². The summed E-state index contributed by atoms with van der Waals surface area (Å²) in [5, 5.41) is 0. The highest BCUT2D eigenvalue weighted by Crippen LogP contribution is 2.19. The Bertz CT molecular complexity index is 289. The summed E-state index contributed by atoms with van der Waals surface area (Å²) in [6.07, 6.45) is 2.83. The van der Waals surface area contributed by atoms with Crippen LogP contribution in [0.3, 0.4) is 0 Å². The maximum Gasteiger partial charge on any atom is 0.163 e. The standard InChI is InChI=1S/C10H10O.CH4/c11-10-7-3-5-8-4-1-2-6-9(8)10;/h1-2,4,6H,3,5,7H2;1H4. The van der Waals surface area contributed by atoms with Gasteiger partial charge >= 0.3 is 0 Å². The van der Waals surface area contributed by atoms with Crippen LogP contribution >= 0.6 is 0 Å². The van der Waals surface area contributed by atoms with Crippen molar-refractivity contribution >= 4 is 5.78 Å². The van der Waals surface area contributed by atoms with E-state index in [1.54, 1.807) is 0 Å². The Balaban J connectivity index is 0.000000720. The number of benzene rings is 1. The molecule has 0 saturated carbocycles. The minimum Gasteiger partial charge on any atom is -0.294 e. The van der Waals surface area contributed by atoms with E-state index in [1.807, 2.05) is 24.3 Å². The lowest BCUT2D eigenvalue weighted by molar-refractivity contribution is 0.0972. The molecule has 0 radical (unpaired) electrons. The molecule has 0 heterocycles. The molecule has 0 spiro atoms. The van der Waals surface area contributed by atoms with Crippen LogP contribution in [0.25, 0.3) is 0 Å². The summed E-state index contributed by atoms with van der Waals surface area (Å²) < 4.78 is 0. The summed E-state index contributed by atoms with van der Waals surface area (Å²) >= 11 is 0. The number of Topliss-reactive ketones (excluding diaryl/α,β-unsaturated/α-hetero) is 1. The lowest BCUT2D eigenvalue weighted by Gasteiger charge is -2.12. The fourth-order valence-corrected chi connectivity index (χ4v) is 1.58. The van der Waals surface area contributed by atoms with Crippen LogP contribution in [0.1, 0.15) is 36.2 Å². The zero-order valence-corrected chi connectivity index (χ0v) is 6.34. The first-order valence-corrected chi connectivity index (χ1v) is 3.99. The molecule has 1 aliphatic carbocycles. The van der Waals surface area contributed by atoms with E-state index in [0.717, 1.165) is 24.8 Å². The van der Waals surface area contributed by atoms with Crippen molar-refractivity contribution in [1.82, 2.24) is 0 Å². The van der Waals surface area contributed by atoms with Crippen molar-refractivity contribution in [2.24, 2.45) is 0 Å². The molecule has 0 N–H and O–H groups in total. The molecular weight excluding hydrogens is 148 g/mol. The largest absolute Gasteiger partial charge is 0.294 e. The van der Waals surface area contributed by atoms with Gasteiger partial charge in [0.15, 0.2) is 5.78 Å². The van der Waals surface area contributed by atoms with E-state index in [4.69, 9.17) is 0 Å². The highest BCUT2D eigenvalue weighted by molar-refractivity contribution is 5.98. The third kappa shape index (κ3) is 1.40. The Kier molecular flexibility index (Phi) is 2.64. The highest BCUT2D eigenvalue weighted by Gasteiger charge is 2.14. The second kappa shape index (κ2) is 3.53. The minimum absolute atomic E-state index is 0. The van der Waals surface area contributed by atoms with Crippen LogP contribution in [0, 0.1) is 0 Å². The van der Waals surface area contributed by atoms with Gasteiger partial charge in [0.1, 0.15) is 0 Å². The topological polar surface area (TPSA) is 17.1 Å². The van der Waals surface area contributed by atoms with E-state index >= 15 is 0 Å². The molecular formula is C11H14O. The molecule has 0 aromatic heterocycles. The van der Waals surface area contributed by atoms with Crippen molar-refractivity contribution in [3.63, 3.8) is 0 Å². The number of rotatable bonds is 0. The van der Waals surface area contributed by atoms with Crippen molar-refractivity contribution in [2.75, 3.05) is 0 Å². The number of hydrogen-bond donors (Lipinski definition) is 0. The molecule has 1 aromatic carbocycles. The molecule has 0 bridgehead atoms. The molecule has 64 valence electrons. The van der Waals surface area contributed by atoms with Gasteiger partial charge in [0, 0.05) is 12.0 Å². The zero-order chi connectivity index (χ0) is 7.68. The summed E-state index contributed by atoms with van der Waals surface area (Å²) in [7, 11) is 0. The lowest BCUT2D eigenvalue weighted by atomic mass is 9.91. The molecule has 1 aromatic rings. The normalized spacial score (nSPS) is 14.8. The van der Waals surface area contributed by atoms with Crippen LogP contribution < -0.4 is 0 Å². The van der Waals surface area contributed by atoms with E-state index in [0.29, 0.717) is 5.78 Å². The SMILES string of the molecule is C.O=C1CCCc2ccccc21. The molecule has 0 atom stereocenters. The van der Waals surface area contributed by atoms with Crippen LogP contribution in [0.4, 0.5) is 0 Å². The molecule has 0 aliphatic heterocycles. The lowest BCUT2D eigenvalue weighted by Crippen LogP contribution is -2.09. The predicted molar refractivity (Wildman–Crippen MR) is 50.4 cm³/mol. The second-order valence-electron chi connectivity index (χ2n) is 2.93. The quantitative estimate of drug-likeness (QED) is 0.573. The Labute approximate surface area is 73.4 Å². The van der Waals surface area contributed by atoms with Crippen LogP contribution in [-0.4, -0.2) is 5.78 Å². The summed E-state index contributed by atoms with van der Waals surface area (Å²) in [5.74, 6) is 0.312. The highest BCUT2D eigenvalue weighted by atomic mass is 16.1. The molecule has 2 rings (SSSR count). The van der Waals surface area contributed by atoms with Gasteiger partial charge < -0.3 is 0 Å². The number of carbonyl (C=O) groups excluding carboxylic acids is 1. The van der Waals surface area contributed by atoms with Gasteiger partial charge in [-0.2, -0.15) is 0 Å². The molecule has 1 aliphatic rings. The molecule has 0 saturated heterocycles. The third-order valence-electron chi connectivity index (χ3n) is 2.17. The summed E-state index contributed by atoms with van der Waals surface area (Å²) in [4.78, 5) is 11.3. The molecule has 1 nitrogen and oxygen atoms in total. The van der Waals surface area contributed by atoms with Crippen molar-refractivity contribution in [2.45, 2.75) is 26.7 Å². The van der Waals surface area contributed by atoms with Gasteiger partial charge in [-0.1, -0.05) is 31.7 Å². The van der Waals surface area contributed by atoms with Gasteiger partial charge in [0.05, 0.1) is 0 Å². The van der Waals surface area contributed by atoms with Gasteiger partial charge in [0.2, 0.25) is 0 Å². The predicted octanol–water partition coefficient (Wildman–Crippen LogP) is 2.84. The van der Waals surface area contributed by atoms with Gasteiger partial charge in [-0.25, -0.2) is 0 Å². The first kappa shape index (κ1) is 8.98. The fraction of sp³-hybridized carbons (Fsp3) is 0.364. The van der Waals surface area contributed by atoms with Crippen molar-refractivity contribution in [3.8, 4) is 0 Å². The molecule has 0 amide bonds. The van der Waals surface area contributed by atoms with Crippen molar-refractivity contribution in [1.29, 1.82) is 0 Å². The van der Waals surface area contributed by atoms with Gasteiger partial charge in [-0.05, 0) is 18.4 Å². The van der Waals surface area contributed by atoms with Crippen LogP contribution in [0.15, 0.2) is 24.3 Å². The minimum atomic E-state index is 0. The van der Waals surface area contributed by atoms with E-state index in [9.17, 15) is 4.79 Å². The van der Waals surface area contributed by atoms with Gasteiger partial charge in [0.25, 0.3) is 0 Å². The zero-order valence-electron chi connectivity index (χ0n) is 6.34. The van der Waals surface area contributed by atoms with Gasteiger partial charge in [-0.3, -0.25) is 4.79 Å². The fourth-order valence-electron chi connectivity index (χ4n) is 1.58. The molecule has 0 fully saturated rings. The number of carbonyl (C=O) groups is 1. The van der Waals surface area contributed by atoms with Crippen LogP contribution in [-0.2, 0) is 6.42 Å². The Morgan fingerprint density at radius 3 is 2.58 bits per heavy atom. The number of hydrogen-bond acceptors (Lipinski definition) is 1. The first-order valence-electron chi connectivity index (χ1n) is 3.99. The number of aryl methyl sites for hydroxylation is 1. The number of ketones is 1. The van der Waals surface area contributed by atoms with E-state index < -0.39 is 0 Å². The molecule has 12 heavy (non-hydrogen) atoms. The Morgan fingerprint density at radius 1 is 1.08 bits per heavy atom. The summed E-state index contributed by atoms with van der Waals surface area (Å²) in [6, 6.07) is 7.91. The van der Waals surface area contributed by atoms with Gasteiger partial charge in [-0.15, -0.1) is 0 Å². The van der Waals surface area contributed by atoms with Crippen molar-refractivity contribution in [3.05, 3.63) is 35.4 Å². The second-order valence-corrected chi connectivity index (χ2v) is 2.93. The van der Waals surface area contributed by atoms with Crippen LogP contribution in [0.2, 0.25) is 0 Å². The Morgan fingerprint density at radius 2 is 1.83 bits per heavy atom. The third-order valence-corrected chi connectivity index (χ3v) is 2.17. The van der Waals surface area contributed by atoms with E-state index in [-0.39, 0.29) is 7.43 Å². The van der Waals surface area contributed by atoms with E-state index in [1.165, 1.54) is 5.56 Å².